The van der Waals surface area contributed by atoms with Crippen LogP contribution in [0.3, 0.4) is 0 Å². The van der Waals surface area contributed by atoms with E-state index in [1.165, 1.54) is 6.33 Å². The first-order valence-electron chi connectivity index (χ1n) is 12.1. The molecule has 0 saturated carbocycles. The number of fused-ring (bicyclic) bond motifs is 1. The molecule has 0 aliphatic carbocycles. The minimum atomic E-state index is -0.156. The molecule has 186 valence electrons. The van der Waals surface area contributed by atoms with Gasteiger partial charge in [0.1, 0.15) is 11.8 Å². The van der Waals surface area contributed by atoms with Gasteiger partial charge in [-0.3, -0.25) is 9.59 Å². The quantitative estimate of drug-likeness (QED) is 0.309. The molecule has 5 aromatic rings. The second-order valence-electron chi connectivity index (χ2n) is 8.80. The highest BCUT2D eigenvalue weighted by Gasteiger charge is 2.18. The fraction of sp³-hybridized carbons (Fsp3) is 0.179. The number of ketones is 1. The van der Waals surface area contributed by atoms with Gasteiger partial charge in [-0.25, -0.2) is 14.2 Å². The van der Waals surface area contributed by atoms with E-state index in [2.05, 4.69) is 25.8 Å². The highest BCUT2D eigenvalue weighted by atomic mass is 16.1. The predicted molar refractivity (Wildman–Crippen MR) is 142 cm³/mol. The van der Waals surface area contributed by atoms with Gasteiger partial charge in [-0.2, -0.15) is 10.2 Å². The molecule has 0 spiro atoms. The van der Waals surface area contributed by atoms with Crippen molar-refractivity contribution in [3.63, 3.8) is 0 Å². The van der Waals surface area contributed by atoms with Crippen LogP contribution < -0.4 is 10.6 Å². The fourth-order valence-electron chi connectivity index (χ4n) is 4.31. The zero-order valence-electron chi connectivity index (χ0n) is 20.9. The predicted octanol–water partition coefficient (Wildman–Crippen LogP) is 4.45. The maximum absolute atomic E-state index is 13.2. The van der Waals surface area contributed by atoms with Crippen LogP contribution in [0, 0.1) is 13.8 Å². The Hall–Kier alpha value is -4.79. The SMILES string of the molecule is CCNC(=O)c1cn2ncnc(Nc3cc(C(=O)Cc4cccc(-n5cccn5)c4)ccc3C)c2c1C. The highest BCUT2D eigenvalue weighted by molar-refractivity contribution is 6.00. The van der Waals surface area contributed by atoms with Crippen LogP contribution in [0.1, 0.15) is 44.3 Å². The van der Waals surface area contributed by atoms with E-state index >= 15 is 0 Å². The molecule has 3 heterocycles. The van der Waals surface area contributed by atoms with Crippen LogP contribution in [0.15, 0.2) is 73.4 Å². The summed E-state index contributed by atoms with van der Waals surface area (Å²) in [5.74, 6) is 0.408. The molecule has 9 nitrogen and oxygen atoms in total. The number of rotatable bonds is 8. The highest BCUT2D eigenvalue weighted by Crippen LogP contribution is 2.28. The van der Waals surface area contributed by atoms with Crippen molar-refractivity contribution in [3.8, 4) is 5.69 Å². The smallest absolute Gasteiger partial charge is 0.253 e. The monoisotopic (exact) mass is 493 g/mol. The molecule has 5 rings (SSSR count). The number of carbonyl (C=O) groups excluding carboxylic acids is 2. The van der Waals surface area contributed by atoms with Crippen molar-refractivity contribution in [2.75, 3.05) is 11.9 Å². The summed E-state index contributed by atoms with van der Waals surface area (Å²) in [5.41, 5.74) is 6.16. The molecule has 0 radical (unpaired) electrons. The average Bonchev–Trinajstić information content (AvgIpc) is 3.55. The molecule has 1 amide bonds. The number of amides is 1. The lowest BCUT2D eigenvalue weighted by molar-refractivity contribution is 0.0953. The minimum Gasteiger partial charge on any atom is -0.352 e. The zero-order valence-corrected chi connectivity index (χ0v) is 20.9. The normalized spacial score (nSPS) is 11.0. The lowest BCUT2D eigenvalue weighted by Crippen LogP contribution is -2.22. The van der Waals surface area contributed by atoms with Crippen LogP contribution in [0.2, 0.25) is 0 Å². The number of nitrogens with one attached hydrogen (secondary N) is 2. The first kappa shape index (κ1) is 23.9. The van der Waals surface area contributed by atoms with E-state index < -0.39 is 0 Å². The van der Waals surface area contributed by atoms with Gasteiger partial charge in [0.25, 0.3) is 5.91 Å². The van der Waals surface area contributed by atoms with E-state index in [-0.39, 0.29) is 18.1 Å². The molecule has 37 heavy (non-hydrogen) atoms. The number of aromatic nitrogens is 5. The van der Waals surface area contributed by atoms with E-state index in [0.29, 0.717) is 29.0 Å². The van der Waals surface area contributed by atoms with Gasteiger partial charge >= 0.3 is 0 Å². The van der Waals surface area contributed by atoms with Crippen LogP contribution in [0.25, 0.3) is 11.2 Å². The van der Waals surface area contributed by atoms with E-state index in [0.717, 1.165) is 28.1 Å². The van der Waals surface area contributed by atoms with Crippen molar-refractivity contribution in [2.45, 2.75) is 27.2 Å². The average molecular weight is 494 g/mol. The molecule has 9 heteroatoms. The summed E-state index contributed by atoms with van der Waals surface area (Å²) < 4.78 is 3.41. The van der Waals surface area contributed by atoms with Crippen LogP contribution in [0.4, 0.5) is 11.5 Å². The van der Waals surface area contributed by atoms with Crippen molar-refractivity contribution >= 4 is 28.7 Å². The van der Waals surface area contributed by atoms with E-state index in [9.17, 15) is 9.59 Å². The van der Waals surface area contributed by atoms with Gasteiger partial charge < -0.3 is 10.6 Å². The number of carbonyl (C=O) groups is 2. The van der Waals surface area contributed by atoms with E-state index in [4.69, 9.17) is 0 Å². The molecule has 0 fully saturated rings. The van der Waals surface area contributed by atoms with Crippen molar-refractivity contribution in [1.29, 1.82) is 0 Å². The van der Waals surface area contributed by atoms with Crippen molar-refractivity contribution in [2.24, 2.45) is 0 Å². The summed E-state index contributed by atoms with van der Waals surface area (Å²) in [5, 5.41) is 14.7. The second kappa shape index (κ2) is 10.1. The standard InChI is InChI=1S/C28H27N7O2/c1-4-29-28(37)23-16-35-26(19(23)3)27(30-17-32-35)33-24-15-21(10-9-18(24)2)25(36)14-20-7-5-8-22(13-20)34-12-6-11-31-34/h5-13,15-17H,4,14H2,1-3H3,(H,29,37)(H,30,32,33). The molecule has 3 aromatic heterocycles. The van der Waals surface area contributed by atoms with Crippen LogP contribution in [-0.4, -0.2) is 42.6 Å². The van der Waals surface area contributed by atoms with Gasteiger partial charge in [-0.15, -0.1) is 0 Å². The Labute approximate surface area is 214 Å². The summed E-state index contributed by atoms with van der Waals surface area (Å²) in [6, 6.07) is 15.3. The Kier molecular flexibility index (Phi) is 6.51. The van der Waals surface area contributed by atoms with Gasteiger partial charge in [0.05, 0.1) is 11.3 Å². The Morgan fingerprint density at radius 2 is 1.89 bits per heavy atom. The molecular formula is C28H27N7O2. The molecule has 2 N–H and O–H groups in total. The molecule has 0 unspecified atom stereocenters. The van der Waals surface area contributed by atoms with Crippen molar-refractivity contribution in [3.05, 3.63) is 101 Å². The van der Waals surface area contributed by atoms with Crippen molar-refractivity contribution in [1.82, 2.24) is 29.7 Å². The number of aryl methyl sites for hydroxylation is 2. The maximum atomic E-state index is 13.2. The lowest BCUT2D eigenvalue weighted by atomic mass is 10.0. The Morgan fingerprint density at radius 3 is 2.68 bits per heavy atom. The first-order chi connectivity index (χ1) is 17.9. The largest absolute Gasteiger partial charge is 0.352 e. The fourth-order valence-corrected chi connectivity index (χ4v) is 4.31. The van der Waals surface area contributed by atoms with E-state index in [1.54, 1.807) is 21.6 Å². The Bertz CT molecular complexity index is 1600. The van der Waals surface area contributed by atoms with Crippen LogP contribution >= 0.6 is 0 Å². The van der Waals surface area contributed by atoms with Gasteiger partial charge in [0, 0.05) is 42.8 Å². The topological polar surface area (TPSA) is 106 Å². The molecule has 0 atom stereocenters. The lowest BCUT2D eigenvalue weighted by Gasteiger charge is -2.12. The number of hydrogen-bond donors (Lipinski definition) is 2. The number of benzene rings is 2. The van der Waals surface area contributed by atoms with Crippen LogP contribution in [0.5, 0.6) is 0 Å². The first-order valence-corrected chi connectivity index (χ1v) is 12.1. The Balaban J connectivity index is 1.41. The molecule has 0 saturated heterocycles. The number of nitrogens with zero attached hydrogens (tertiary/aromatic N) is 5. The van der Waals surface area contributed by atoms with Gasteiger partial charge in [0.15, 0.2) is 11.6 Å². The summed E-state index contributed by atoms with van der Waals surface area (Å²) in [6.45, 7) is 6.25. The number of hydrogen-bond acceptors (Lipinski definition) is 6. The maximum Gasteiger partial charge on any atom is 0.253 e. The Morgan fingerprint density at radius 1 is 1.03 bits per heavy atom. The zero-order chi connectivity index (χ0) is 25.9. The number of anilines is 2. The third-order valence-electron chi connectivity index (χ3n) is 6.27. The molecule has 2 aromatic carbocycles. The molecule has 0 aliphatic heterocycles. The molecule has 0 bridgehead atoms. The van der Waals surface area contributed by atoms with Gasteiger partial charge in [-0.05, 0) is 61.7 Å². The van der Waals surface area contributed by atoms with Gasteiger partial charge in [0.2, 0.25) is 0 Å². The third kappa shape index (κ3) is 4.84. The summed E-state index contributed by atoms with van der Waals surface area (Å²) >= 11 is 0. The summed E-state index contributed by atoms with van der Waals surface area (Å²) in [6.07, 6.45) is 7.00. The summed E-state index contributed by atoms with van der Waals surface area (Å²) in [7, 11) is 0. The summed E-state index contributed by atoms with van der Waals surface area (Å²) in [4.78, 5) is 30.1. The van der Waals surface area contributed by atoms with E-state index in [1.807, 2.05) is 75.5 Å². The molecular weight excluding hydrogens is 466 g/mol. The van der Waals surface area contributed by atoms with Crippen LogP contribution in [-0.2, 0) is 6.42 Å². The van der Waals surface area contributed by atoms with Gasteiger partial charge in [-0.1, -0.05) is 24.3 Å². The minimum absolute atomic E-state index is 0.00545. The second-order valence-corrected chi connectivity index (χ2v) is 8.80. The molecule has 0 aliphatic rings. The number of Topliss-reactive ketones (excluding diaryl/α,β-unsaturated/α-hetero) is 1. The third-order valence-corrected chi connectivity index (χ3v) is 6.27. The van der Waals surface area contributed by atoms with Crippen molar-refractivity contribution < 1.29 is 9.59 Å².